The number of aromatic hydroxyl groups is 2. The lowest BCUT2D eigenvalue weighted by atomic mass is 9.88. The van der Waals surface area contributed by atoms with Gasteiger partial charge < -0.3 is 14.9 Å². The van der Waals surface area contributed by atoms with Gasteiger partial charge in [0.1, 0.15) is 0 Å². The first kappa shape index (κ1) is 36.6. The Morgan fingerprint density at radius 1 is 0.375 bits per heavy atom. The van der Waals surface area contributed by atoms with Crippen LogP contribution in [0.4, 0.5) is 0 Å². The van der Waals surface area contributed by atoms with Crippen LogP contribution < -0.4 is 4.74 Å². The fourth-order valence-electron chi connectivity index (χ4n) is 5.97. The molecule has 0 radical (unpaired) electrons. The van der Waals surface area contributed by atoms with Gasteiger partial charge in [0, 0.05) is 11.1 Å². The van der Waals surface area contributed by atoms with E-state index in [1.807, 2.05) is 0 Å². The topological polar surface area (TPSA) is 49.7 Å². The van der Waals surface area contributed by atoms with Gasteiger partial charge in [0.2, 0.25) is 5.75 Å². The first-order valence-corrected chi connectivity index (χ1v) is 17.8. The highest BCUT2D eigenvalue weighted by Crippen LogP contribution is 2.46. The van der Waals surface area contributed by atoms with E-state index in [9.17, 15) is 10.2 Å². The number of unbranched alkanes of at least 4 members (excludes halogenated alkanes) is 19. The molecule has 0 aliphatic heterocycles. The molecule has 0 saturated heterocycles. The highest BCUT2D eigenvalue weighted by Gasteiger charge is 2.24. The largest absolute Gasteiger partial charge is 0.504 e. The fourth-order valence-corrected chi connectivity index (χ4v) is 5.97. The third-order valence-corrected chi connectivity index (χ3v) is 8.56. The lowest BCUT2D eigenvalue weighted by Gasteiger charge is -2.23. The van der Waals surface area contributed by atoms with Crippen LogP contribution in [0.2, 0.25) is 0 Å². The van der Waals surface area contributed by atoms with Crippen molar-refractivity contribution in [2.75, 3.05) is 6.61 Å². The lowest BCUT2D eigenvalue weighted by Crippen LogP contribution is -2.08. The predicted molar refractivity (Wildman–Crippen MR) is 175 cm³/mol. The molecule has 0 spiro atoms. The molecule has 3 nitrogen and oxygen atoms in total. The van der Waals surface area contributed by atoms with E-state index in [4.69, 9.17) is 4.74 Å². The molecule has 0 saturated carbocycles. The number of phenolic OH excluding ortho intramolecular Hbond substituents is 2. The van der Waals surface area contributed by atoms with Gasteiger partial charge in [0.15, 0.2) is 11.5 Å². The molecule has 0 heterocycles. The first-order chi connectivity index (χ1) is 19.6. The number of hydrogen-bond acceptors (Lipinski definition) is 3. The van der Waals surface area contributed by atoms with Crippen molar-refractivity contribution in [3.63, 3.8) is 0 Å². The summed E-state index contributed by atoms with van der Waals surface area (Å²) in [5, 5.41) is 22.5. The highest BCUT2D eigenvalue weighted by molar-refractivity contribution is 5.62. The molecule has 2 N–H and O–H groups in total. The molecule has 3 heteroatoms. The van der Waals surface area contributed by atoms with Crippen LogP contribution in [-0.2, 0) is 19.3 Å². The second kappa shape index (κ2) is 25.3. The van der Waals surface area contributed by atoms with Gasteiger partial charge in [-0.25, -0.2) is 0 Å². The normalized spacial score (nSPS) is 11.4. The van der Waals surface area contributed by atoms with E-state index in [1.54, 1.807) is 0 Å². The van der Waals surface area contributed by atoms with Gasteiger partial charge >= 0.3 is 0 Å². The Labute approximate surface area is 249 Å². The number of benzene rings is 1. The quantitative estimate of drug-likeness (QED) is 0.0791. The minimum atomic E-state index is 0.00131. The van der Waals surface area contributed by atoms with Crippen LogP contribution in [0.15, 0.2) is 0 Å². The van der Waals surface area contributed by atoms with Crippen LogP contribution >= 0.6 is 0 Å². The summed E-state index contributed by atoms with van der Waals surface area (Å²) in [7, 11) is 0. The molecule has 0 fully saturated rings. The van der Waals surface area contributed by atoms with E-state index in [-0.39, 0.29) is 11.5 Å². The summed E-state index contributed by atoms with van der Waals surface area (Å²) in [5.41, 5.74) is 3.50. The van der Waals surface area contributed by atoms with Crippen molar-refractivity contribution in [2.45, 2.75) is 195 Å². The van der Waals surface area contributed by atoms with Gasteiger partial charge in [-0.05, 0) is 50.5 Å². The van der Waals surface area contributed by atoms with E-state index in [1.165, 1.54) is 133 Å². The molecular weight excluding hydrogens is 492 g/mol. The SMILES string of the molecule is CCCCCCCCCCOc1c(O)c(O)c(CCCCCCC)c(CCCCCCC)c1CCCCCCC. The van der Waals surface area contributed by atoms with Crippen LogP contribution in [-0.4, -0.2) is 16.8 Å². The molecule has 40 heavy (non-hydrogen) atoms. The van der Waals surface area contributed by atoms with E-state index < -0.39 is 0 Å². The third kappa shape index (κ3) is 15.6. The molecule has 0 aromatic heterocycles. The van der Waals surface area contributed by atoms with Crippen LogP contribution in [0.5, 0.6) is 17.2 Å². The molecule has 0 aliphatic rings. The lowest BCUT2D eigenvalue weighted by molar-refractivity contribution is 0.278. The summed E-state index contributed by atoms with van der Waals surface area (Å²) in [6.07, 6.45) is 31.2. The summed E-state index contributed by atoms with van der Waals surface area (Å²) in [6, 6.07) is 0. The predicted octanol–water partition coefficient (Wildman–Crippen LogP) is 12.2. The monoisotopic (exact) mass is 561 g/mol. The highest BCUT2D eigenvalue weighted by atomic mass is 16.5. The average Bonchev–Trinajstić information content (AvgIpc) is 2.96. The Morgan fingerprint density at radius 3 is 1.18 bits per heavy atom. The maximum absolute atomic E-state index is 11.3. The molecule has 1 aromatic carbocycles. The zero-order valence-electron chi connectivity index (χ0n) is 27.4. The third-order valence-electron chi connectivity index (χ3n) is 8.56. The summed E-state index contributed by atoms with van der Waals surface area (Å²) < 4.78 is 6.36. The van der Waals surface area contributed by atoms with Crippen molar-refractivity contribution in [1.29, 1.82) is 0 Å². The maximum Gasteiger partial charge on any atom is 0.201 e. The minimum Gasteiger partial charge on any atom is -0.504 e. The summed E-state index contributed by atoms with van der Waals surface area (Å²) >= 11 is 0. The fraction of sp³-hybridized carbons (Fsp3) is 0.838. The van der Waals surface area contributed by atoms with Crippen LogP contribution in [0.3, 0.4) is 0 Å². The zero-order chi connectivity index (χ0) is 29.3. The van der Waals surface area contributed by atoms with Crippen molar-refractivity contribution in [3.05, 3.63) is 16.7 Å². The summed E-state index contributed by atoms with van der Waals surface area (Å²) in [4.78, 5) is 0. The Hall–Kier alpha value is -1.38. The molecular formula is C37H68O3. The molecule has 0 bridgehead atoms. The number of ether oxygens (including phenoxy) is 1. The van der Waals surface area contributed by atoms with Crippen molar-refractivity contribution in [2.24, 2.45) is 0 Å². The molecule has 0 amide bonds. The van der Waals surface area contributed by atoms with Crippen molar-refractivity contribution >= 4 is 0 Å². The molecule has 0 unspecified atom stereocenters. The van der Waals surface area contributed by atoms with Crippen molar-refractivity contribution in [1.82, 2.24) is 0 Å². The van der Waals surface area contributed by atoms with E-state index in [0.717, 1.165) is 50.5 Å². The Bertz CT molecular complexity index is 727. The van der Waals surface area contributed by atoms with Gasteiger partial charge in [-0.15, -0.1) is 0 Å². The minimum absolute atomic E-state index is 0.00131. The number of hydrogen-bond donors (Lipinski definition) is 2. The van der Waals surface area contributed by atoms with Gasteiger partial charge in [0.25, 0.3) is 0 Å². The van der Waals surface area contributed by atoms with Crippen molar-refractivity contribution < 1.29 is 14.9 Å². The Kier molecular flexibility index (Phi) is 23.2. The maximum atomic E-state index is 11.3. The molecule has 234 valence electrons. The van der Waals surface area contributed by atoms with Gasteiger partial charge in [-0.3, -0.25) is 0 Å². The zero-order valence-corrected chi connectivity index (χ0v) is 27.4. The van der Waals surface area contributed by atoms with Crippen LogP contribution in [0.1, 0.15) is 192 Å². The van der Waals surface area contributed by atoms with E-state index in [0.29, 0.717) is 12.4 Å². The average molecular weight is 561 g/mol. The standard InChI is InChI=1S/C37H68O3/c1-5-9-13-17-18-19-23-27-31-40-37-34(30-26-22-16-12-8-4)32(28-24-20-14-10-6-2)33(35(38)36(37)39)29-25-21-15-11-7-3/h38-39H,5-31H2,1-4H3. The van der Waals surface area contributed by atoms with Gasteiger partial charge in [-0.2, -0.15) is 0 Å². The van der Waals surface area contributed by atoms with Crippen molar-refractivity contribution in [3.8, 4) is 17.2 Å². The van der Waals surface area contributed by atoms with E-state index >= 15 is 0 Å². The molecule has 0 aliphatic carbocycles. The number of phenols is 2. The Balaban J connectivity index is 3.06. The summed E-state index contributed by atoms with van der Waals surface area (Å²) in [6.45, 7) is 9.67. The Morgan fingerprint density at radius 2 is 0.725 bits per heavy atom. The molecule has 1 rings (SSSR count). The second-order valence-electron chi connectivity index (χ2n) is 12.3. The second-order valence-corrected chi connectivity index (χ2v) is 12.3. The van der Waals surface area contributed by atoms with Gasteiger partial charge in [-0.1, -0.05) is 150 Å². The van der Waals surface area contributed by atoms with E-state index in [2.05, 4.69) is 27.7 Å². The first-order valence-electron chi connectivity index (χ1n) is 17.8. The van der Waals surface area contributed by atoms with Gasteiger partial charge in [0.05, 0.1) is 6.61 Å². The number of rotatable bonds is 28. The smallest absolute Gasteiger partial charge is 0.201 e. The summed E-state index contributed by atoms with van der Waals surface area (Å²) in [5.74, 6) is 0.690. The molecule has 0 atom stereocenters. The van der Waals surface area contributed by atoms with Crippen LogP contribution in [0.25, 0.3) is 0 Å². The van der Waals surface area contributed by atoms with Crippen LogP contribution in [0, 0.1) is 0 Å². The molecule has 1 aromatic rings.